The van der Waals surface area contributed by atoms with Crippen molar-refractivity contribution < 1.29 is 13.6 Å². The fraction of sp³-hybridized carbons (Fsp3) is 0.200. The summed E-state index contributed by atoms with van der Waals surface area (Å²) >= 11 is 0. The van der Waals surface area contributed by atoms with E-state index in [1.54, 1.807) is 47.4 Å². The Kier molecular flexibility index (Phi) is 4.16. The number of anilines is 1. The summed E-state index contributed by atoms with van der Waals surface area (Å²) in [5.41, 5.74) is 0.469. The molecule has 0 saturated carbocycles. The molecule has 1 saturated heterocycles. The Morgan fingerprint density at radius 1 is 0.923 bits per heavy atom. The minimum absolute atomic E-state index is 0.182. The number of hydrogen-bond acceptors (Lipinski definition) is 4. The van der Waals surface area contributed by atoms with Crippen LogP contribution in [0.15, 0.2) is 64.0 Å². The zero-order valence-electron chi connectivity index (χ0n) is 14.0. The number of benzene rings is 2. The number of carbonyl (C=O) groups excluding carboxylic acids is 1. The van der Waals surface area contributed by atoms with Crippen molar-refractivity contribution in [1.29, 1.82) is 0 Å². The van der Waals surface area contributed by atoms with Crippen molar-refractivity contribution in [3.05, 3.63) is 76.6 Å². The van der Waals surface area contributed by atoms with E-state index >= 15 is 0 Å². The summed E-state index contributed by atoms with van der Waals surface area (Å²) in [7, 11) is 0. The first-order valence-corrected chi connectivity index (χ1v) is 8.44. The van der Waals surface area contributed by atoms with Gasteiger partial charge in [-0.2, -0.15) is 0 Å². The van der Waals surface area contributed by atoms with Crippen LogP contribution in [0.3, 0.4) is 0 Å². The second-order valence-corrected chi connectivity index (χ2v) is 6.21. The summed E-state index contributed by atoms with van der Waals surface area (Å²) in [6, 6.07) is 13.6. The monoisotopic (exact) mass is 352 g/mol. The standard InChI is InChI=1S/C20H17FN2O3/c21-17-7-3-4-8-18(17)22-9-11-23(12-10-22)19(24)16-13-26-20(25)15-6-2-1-5-14(15)16/h1-8,13H,9-12H2. The number of rotatable bonds is 2. The summed E-state index contributed by atoms with van der Waals surface area (Å²) in [5.74, 6) is -0.443. The van der Waals surface area contributed by atoms with Crippen molar-refractivity contribution in [3.63, 3.8) is 0 Å². The molecule has 1 amide bonds. The van der Waals surface area contributed by atoms with Gasteiger partial charge in [0.1, 0.15) is 12.1 Å². The summed E-state index contributed by atoms with van der Waals surface area (Å²) in [4.78, 5) is 28.4. The van der Waals surface area contributed by atoms with Gasteiger partial charge in [-0.15, -0.1) is 0 Å². The molecule has 0 bridgehead atoms. The average Bonchev–Trinajstić information content (AvgIpc) is 2.69. The van der Waals surface area contributed by atoms with E-state index in [9.17, 15) is 14.0 Å². The summed E-state index contributed by atoms with van der Waals surface area (Å²) < 4.78 is 19.0. The van der Waals surface area contributed by atoms with Gasteiger partial charge in [0.05, 0.1) is 16.6 Å². The van der Waals surface area contributed by atoms with Crippen LogP contribution in [-0.4, -0.2) is 37.0 Å². The molecular weight excluding hydrogens is 335 g/mol. The summed E-state index contributed by atoms with van der Waals surface area (Å²) in [6.07, 6.45) is 1.23. The molecule has 0 unspecified atom stereocenters. The Labute approximate surface area is 149 Å². The first kappa shape index (κ1) is 16.3. The lowest BCUT2D eigenvalue weighted by Crippen LogP contribution is -2.49. The summed E-state index contributed by atoms with van der Waals surface area (Å²) in [6.45, 7) is 2.03. The van der Waals surface area contributed by atoms with Crippen LogP contribution >= 0.6 is 0 Å². The molecule has 1 aliphatic heterocycles. The van der Waals surface area contributed by atoms with Crippen LogP contribution in [0.1, 0.15) is 10.4 Å². The van der Waals surface area contributed by atoms with Gasteiger partial charge in [-0.25, -0.2) is 9.18 Å². The van der Waals surface area contributed by atoms with E-state index in [1.807, 2.05) is 4.90 Å². The molecule has 1 aromatic heterocycles. The highest BCUT2D eigenvalue weighted by atomic mass is 19.1. The van der Waals surface area contributed by atoms with Gasteiger partial charge in [-0.05, 0) is 18.2 Å². The predicted octanol–water partition coefficient (Wildman–Crippen LogP) is 2.89. The van der Waals surface area contributed by atoms with Crippen molar-refractivity contribution in [2.75, 3.05) is 31.1 Å². The Morgan fingerprint density at radius 3 is 2.31 bits per heavy atom. The third-order valence-electron chi connectivity index (χ3n) is 4.71. The van der Waals surface area contributed by atoms with E-state index in [4.69, 9.17) is 4.42 Å². The maximum absolute atomic E-state index is 13.9. The second kappa shape index (κ2) is 6.63. The number of para-hydroxylation sites is 1. The van der Waals surface area contributed by atoms with Gasteiger partial charge in [-0.1, -0.05) is 30.3 Å². The molecule has 0 radical (unpaired) electrons. The molecule has 26 heavy (non-hydrogen) atoms. The number of fused-ring (bicyclic) bond motifs is 1. The van der Waals surface area contributed by atoms with Gasteiger partial charge >= 0.3 is 5.63 Å². The molecule has 0 N–H and O–H groups in total. The van der Waals surface area contributed by atoms with Gasteiger partial charge in [0.2, 0.25) is 0 Å². The zero-order chi connectivity index (χ0) is 18.1. The molecule has 2 heterocycles. The number of hydrogen-bond donors (Lipinski definition) is 0. The maximum atomic E-state index is 13.9. The van der Waals surface area contributed by atoms with Gasteiger partial charge < -0.3 is 14.2 Å². The predicted molar refractivity (Wildman–Crippen MR) is 97.0 cm³/mol. The maximum Gasteiger partial charge on any atom is 0.343 e. The first-order chi connectivity index (χ1) is 12.6. The molecule has 1 fully saturated rings. The minimum atomic E-state index is -0.457. The van der Waals surface area contributed by atoms with Crippen LogP contribution in [0.4, 0.5) is 10.1 Å². The SMILES string of the molecule is O=C(c1coc(=O)c2ccccc12)N1CCN(c2ccccc2F)CC1. The lowest BCUT2D eigenvalue weighted by atomic mass is 10.1. The van der Waals surface area contributed by atoms with Crippen LogP contribution in [0.2, 0.25) is 0 Å². The van der Waals surface area contributed by atoms with E-state index in [1.165, 1.54) is 12.3 Å². The van der Waals surface area contributed by atoms with Crippen LogP contribution in [0.25, 0.3) is 10.8 Å². The smallest absolute Gasteiger partial charge is 0.343 e. The Hall–Kier alpha value is -3.15. The Balaban J connectivity index is 1.56. The molecule has 5 nitrogen and oxygen atoms in total. The highest BCUT2D eigenvalue weighted by molar-refractivity contribution is 6.06. The van der Waals surface area contributed by atoms with Gasteiger partial charge in [0, 0.05) is 31.6 Å². The van der Waals surface area contributed by atoms with Gasteiger partial charge in [0.15, 0.2) is 0 Å². The highest BCUT2D eigenvalue weighted by Crippen LogP contribution is 2.22. The van der Waals surface area contributed by atoms with E-state index in [2.05, 4.69) is 0 Å². The molecule has 0 spiro atoms. The van der Waals surface area contributed by atoms with E-state index < -0.39 is 5.63 Å². The number of carbonyl (C=O) groups is 1. The first-order valence-electron chi connectivity index (χ1n) is 8.44. The fourth-order valence-electron chi connectivity index (χ4n) is 3.33. The largest absolute Gasteiger partial charge is 0.430 e. The average molecular weight is 352 g/mol. The van der Waals surface area contributed by atoms with Crippen molar-refractivity contribution in [2.45, 2.75) is 0 Å². The zero-order valence-corrected chi connectivity index (χ0v) is 14.0. The van der Waals surface area contributed by atoms with Crippen LogP contribution in [0, 0.1) is 5.82 Å². The number of amides is 1. The Morgan fingerprint density at radius 2 is 1.58 bits per heavy atom. The minimum Gasteiger partial charge on any atom is -0.430 e. The number of halogens is 1. The normalized spacial score (nSPS) is 14.7. The van der Waals surface area contributed by atoms with E-state index in [0.717, 1.165) is 0 Å². The summed E-state index contributed by atoms with van der Waals surface area (Å²) in [5, 5.41) is 0.980. The lowest BCUT2D eigenvalue weighted by molar-refractivity contribution is 0.0746. The van der Waals surface area contributed by atoms with Crippen molar-refractivity contribution in [2.24, 2.45) is 0 Å². The molecular formula is C20H17FN2O3. The lowest BCUT2D eigenvalue weighted by Gasteiger charge is -2.36. The molecule has 1 aliphatic rings. The molecule has 0 aliphatic carbocycles. The molecule has 4 rings (SSSR count). The fourth-order valence-corrected chi connectivity index (χ4v) is 3.33. The van der Waals surface area contributed by atoms with Crippen molar-refractivity contribution in [3.8, 4) is 0 Å². The number of piperazine rings is 1. The van der Waals surface area contributed by atoms with Crippen LogP contribution in [0.5, 0.6) is 0 Å². The van der Waals surface area contributed by atoms with E-state index in [-0.39, 0.29) is 11.7 Å². The van der Waals surface area contributed by atoms with Gasteiger partial charge in [-0.3, -0.25) is 4.79 Å². The third kappa shape index (κ3) is 2.83. The highest BCUT2D eigenvalue weighted by Gasteiger charge is 2.25. The van der Waals surface area contributed by atoms with Gasteiger partial charge in [0.25, 0.3) is 5.91 Å². The van der Waals surface area contributed by atoms with Crippen molar-refractivity contribution in [1.82, 2.24) is 4.90 Å². The van der Waals surface area contributed by atoms with Crippen LogP contribution < -0.4 is 10.5 Å². The molecule has 3 aromatic rings. The Bertz CT molecular complexity index is 1020. The molecule has 0 atom stereocenters. The quantitative estimate of drug-likeness (QED) is 0.712. The number of nitrogens with zero attached hydrogens (tertiary/aromatic N) is 2. The van der Waals surface area contributed by atoms with E-state index in [0.29, 0.717) is 48.2 Å². The third-order valence-corrected chi connectivity index (χ3v) is 4.71. The topological polar surface area (TPSA) is 53.8 Å². The second-order valence-electron chi connectivity index (χ2n) is 6.21. The molecule has 6 heteroatoms. The van der Waals surface area contributed by atoms with Crippen LogP contribution in [-0.2, 0) is 0 Å². The van der Waals surface area contributed by atoms with Crippen molar-refractivity contribution >= 4 is 22.4 Å². The molecule has 132 valence electrons. The molecule has 2 aromatic carbocycles.